The van der Waals surface area contributed by atoms with Gasteiger partial charge in [-0.15, -0.1) is 0 Å². The summed E-state index contributed by atoms with van der Waals surface area (Å²) in [6.45, 7) is 9.66. The lowest BCUT2D eigenvalue weighted by atomic mass is 9.62. The van der Waals surface area contributed by atoms with E-state index in [0.29, 0.717) is 0 Å². The topological polar surface area (TPSA) is 66.5 Å². The van der Waals surface area contributed by atoms with Crippen LogP contribution < -0.4 is 5.32 Å². The van der Waals surface area contributed by atoms with Crippen molar-refractivity contribution in [2.75, 3.05) is 6.54 Å². The zero-order chi connectivity index (χ0) is 16.0. The Morgan fingerprint density at radius 2 is 2.00 bits per heavy atom. The Morgan fingerprint density at radius 3 is 2.57 bits per heavy atom. The van der Waals surface area contributed by atoms with E-state index in [0.717, 1.165) is 19.3 Å². The van der Waals surface area contributed by atoms with E-state index in [1.807, 2.05) is 34.6 Å². The average Bonchev–Trinajstić information content (AvgIpc) is 2.60. The first-order valence-electron chi connectivity index (χ1n) is 7.80. The second kappa shape index (κ2) is 5.11. The minimum absolute atomic E-state index is 0.0521. The van der Waals surface area contributed by atoms with E-state index in [2.05, 4.69) is 5.32 Å². The van der Waals surface area contributed by atoms with Crippen LogP contribution in [0.3, 0.4) is 0 Å². The zero-order valence-electron chi connectivity index (χ0n) is 13.7. The molecule has 1 N–H and O–H groups in total. The van der Waals surface area contributed by atoms with Crippen LogP contribution in [0.1, 0.15) is 53.9 Å². The number of imide groups is 1. The molecular weight excluding hydrogens is 268 g/mol. The molecule has 5 nitrogen and oxygen atoms in total. The number of piperidine rings is 1. The number of carbonyl (C=O) groups is 3. The van der Waals surface area contributed by atoms with Crippen molar-refractivity contribution < 1.29 is 14.4 Å². The first-order valence-corrected chi connectivity index (χ1v) is 7.80. The van der Waals surface area contributed by atoms with Crippen molar-refractivity contribution in [1.82, 2.24) is 10.2 Å². The van der Waals surface area contributed by atoms with E-state index >= 15 is 0 Å². The second-order valence-electron chi connectivity index (χ2n) is 7.25. The molecule has 2 fully saturated rings. The van der Waals surface area contributed by atoms with E-state index in [1.165, 1.54) is 4.90 Å². The van der Waals surface area contributed by atoms with Crippen LogP contribution in [0.15, 0.2) is 0 Å². The summed E-state index contributed by atoms with van der Waals surface area (Å²) in [5, 5.41) is 2.82. The number of nitrogens with one attached hydrogen (secondary N) is 1. The van der Waals surface area contributed by atoms with Gasteiger partial charge < -0.3 is 5.32 Å². The average molecular weight is 294 g/mol. The van der Waals surface area contributed by atoms with Crippen LogP contribution >= 0.6 is 0 Å². The molecular formula is C16H26N2O3. The van der Waals surface area contributed by atoms with Crippen molar-refractivity contribution in [2.45, 2.75) is 59.9 Å². The predicted octanol–water partition coefficient (Wildman–Crippen LogP) is 1.71. The Labute approximate surface area is 126 Å². The summed E-state index contributed by atoms with van der Waals surface area (Å²) in [5.41, 5.74) is -0.868. The van der Waals surface area contributed by atoms with Crippen molar-refractivity contribution in [3.8, 4) is 0 Å². The molecule has 5 heteroatoms. The largest absolute Gasteiger partial charge is 0.352 e. The first kappa shape index (κ1) is 16.0. The maximum Gasteiger partial charge on any atom is 0.240 e. The number of nitrogens with zero attached hydrogens (tertiary/aromatic N) is 1. The minimum Gasteiger partial charge on any atom is -0.352 e. The van der Waals surface area contributed by atoms with Crippen LogP contribution in [0.2, 0.25) is 0 Å². The molecule has 0 aromatic heterocycles. The summed E-state index contributed by atoms with van der Waals surface area (Å²) in [4.78, 5) is 38.5. The molecule has 1 saturated carbocycles. The molecule has 1 heterocycles. The zero-order valence-corrected chi connectivity index (χ0v) is 13.7. The summed E-state index contributed by atoms with van der Waals surface area (Å²) >= 11 is 0. The molecule has 1 aliphatic carbocycles. The van der Waals surface area contributed by atoms with E-state index in [1.54, 1.807) is 0 Å². The van der Waals surface area contributed by atoms with Crippen LogP contribution in [-0.2, 0) is 14.4 Å². The highest BCUT2D eigenvalue weighted by Gasteiger charge is 2.64. The van der Waals surface area contributed by atoms with Crippen LogP contribution in [0, 0.1) is 16.7 Å². The van der Waals surface area contributed by atoms with Crippen molar-refractivity contribution in [3.05, 3.63) is 0 Å². The van der Waals surface area contributed by atoms with Gasteiger partial charge in [-0.1, -0.05) is 27.7 Å². The highest BCUT2D eigenvalue weighted by atomic mass is 16.2. The fourth-order valence-electron chi connectivity index (χ4n) is 3.62. The molecule has 0 aromatic rings. The smallest absolute Gasteiger partial charge is 0.240 e. The molecule has 0 radical (unpaired) electrons. The predicted molar refractivity (Wildman–Crippen MR) is 79.2 cm³/mol. The second-order valence-corrected chi connectivity index (χ2v) is 7.25. The molecule has 2 rings (SSSR count). The highest BCUT2D eigenvalue weighted by molar-refractivity contribution is 6.06. The third-order valence-corrected chi connectivity index (χ3v) is 5.83. The molecule has 2 bridgehead atoms. The Kier molecular flexibility index (Phi) is 3.89. The van der Waals surface area contributed by atoms with Crippen molar-refractivity contribution in [2.24, 2.45) is 16.7 Å². The van der Waals surface area contributed by atoms with Gasteiger partial charge in [0.1, 0.15) is 6.54 Å². The number of rotatable bonds is 4. The maximum atomic E-state index is 12.7. The van der Waals surface area contributed by atoms with Gasteiger partial charge in [0.2, 0.25) is 17.7 Å². The van der Waals surface area contributed by atoms with E-state index in [-0.39, 0.29) is 41.6 Å². The number of hydrogen-bond acceptors (Lipinski definition) is 3. The summed E-state index contributed by atoms with van der Waals surface area (Å²) < 4.78 is 0. The molecule has 1 saturated heterocycles. The van der Waals surface area contributed by atoms with Gasteiger partial charge in [-0.2, -0.15) is 0 Å². The standard InChI is InChI=1S/C16H26N2O3/c1-6-10(2)17-12(19)9-18-13(20)11-7-8-16(5,14(18)21)15(11,3)4/h10-11H,6-9H2,1-5H3,(H,17,19). The highest BCUT2D eigenvalue weighted by Crippen LogP contribution is 2.59. The fraction of sp³-hybridized carbons (Fsp3) is 0.812. The van der Waals surface area contributed by atoms with Gasteiger partial charge in [0.25, 0.3) is 0 Å². The van der Waals surface area contributed by atoms with Crippen LogP contribution in [0.4, 0.5) is 0 Å². The number of fused-ring (bicyclic) bond motifs is 2. The third kappa shape index (κ3) is 2.27. The van der Waals surface area contributed by atoms with E-state index in [4.69, 9.17) is 0 Å². The minimum atomic E-state index is -0.539. The Hall–Kier alpha value is -1.39. The van der Waals surface area contributed by atoms with E-state index < -0.39 is 5.41 Å². The normalized spacial score (nSPS) is 32.2. The summed E-state index contributed by atoms with van der Waals surface area (Å²) in [7, 11) is 0. The van der Waals surface area contributed by atoms with Gasteiger partial charge in [-0.3, -0.25) is 19.3 Å². The lowest BCUT2D eigenvalue weighted by Crippen LogP contribution is -2.60. The van der Waals surface area contributed by atoms with Crippen LogP contribution in [0.25, 0.3) is 0 Å². The Balaban J connectivity index is 2.18. The Morgan fingerprint density at radius 1 is 1.38 bits per heavy atom. The summed E-state index contributed by atoms with van der Waals surface area (Å²) in [6, 6.07) is 0.0521. The van der Waals surface area contributed by atoms with Gasteiger partial charge >= 0.3 is 0 Å². The molecule has 3 atom stereocenters. The summed E-state index contributed by atoms with van der Waals surface area (Å²) in [5.74, 6) is -0.782. The van der Waals surface area contributed by atoms with Gasteiger partial charge in [-0.05, 0) is 31.6 Å². The molecule has 0 spiro atoms. The molecule has 3 unspecified atom stereocenters. The van der Waals surface area contributed by atoms with E-state index in [9.17, 15) is 14.4 Å². The number of amides is 3. The SMILES string of the molecule is CCC(C)NC(=O)CN1C(=O)C2CCC(C)(C1=O)C2(C)C. The molecule has 2 aliphatic rings. The van der Waals surface area contributed by atoms with Gasteiger partial charge in [-0.25, -0.2) is 0 Å². The first-order chi connectivity index (χ1) is 9.65. The van der Waals surface area contributed by atoms with Crippen molar-refractivity contribution in [1.29, 1.82) is 0 Å². The molecule has 118 valence electrons. The molecule has 0 aromatic carbocycles. The number of likely N-dealkylation sites (tertiary alicyclic amines) is 1. The van der Waals surface area contributed by atoms with Crippen molar-refractivity contribution in [3.63, 3.8) is 0 Å². The van der Waals surface area contributed by atoms with Crippen LogP contribution in [0.5, 0.6) is 0 Å². The van der Waals surface area contributed by atoms with Gasteiger partial charge in [0.15, 0.2) is 0 Å². The fourth-order valence-corrected chi connectivity index (χ4v) is 3.62. The van der Waals surface area contributed by atoms with Crippen molar-refractivity contribution >= 4 is 17.7 Å². The lowest BCUT2D eigenvalue weighted by molar-refractivity contribution is -0.169. The maximum absolute atomic E-state index is 12.7. The molecule has 3 amide bonds. The van der Waals surface area contributed by atoms with Crippen LogP contribution in [-0.4, -0.2) is 35.2 Å². The van der Waals surface area contributed by atoms with Gasteiger partial charge in [0.05, 0.1) is 5.41 Å². The third-order valence-electron chi connectivity index (χ3n) is 5.83. The monoisotopic (exact) mass is 294 g/mol. The lowest BCUT2D eigenvalue weighted by Gasteiger charge is -2.47. The van der Waals surface area contributed by atoms with Gasteiger partial charge in [0, 0.05) is 12.0 Å². The molecule has 1 aliphatic heterocycles. The number of hydrogen-bond donors (Lipinski definition) is 1. The Bertz CT molecular complexity index is 486. The summed E-state index contributed by atoms with van der Waals surface area (Å²) in [6.07, 6.45) is 2.28. The quantitative estimate of drug-likeness (QED) is 0.803. The molecule has 21 heavy (non-hydrogen) atoms. The number of carbonyl (C=O) groups excluding carboxylic acids is 3.